The number of para-hydroxylation sites is 1. The van der Waals surface area contributed by atoms with Crippen molar-refractivity contribution in [2.24, 2.45) is 0 Å². The second kappa shape index (κ2) is 10.1. The van der Waals surface area contributed by atoms with Crippen LogP contribution in [0.4, 0.5) is 26.1 Å². The molecule has 0 aliphatic rings. The fraction of sp³-hybridized carbons (Fsp3) is 0.0385. The molecular formula is C26H17F2N5Pt. The van der Waals surface area contributed by atoms with E-state index in [4.69, 9.17) is 4.98 Å². The Bertz CT molecular complexity index is 1420. The van der Waals surface area contributed by atoms with Crippen molar-refractivity contribution in [3.05, 3.63) is 108 Å². The third-order valence-electron chi connectivity index (χ3n) is 4.98. The normalized spacial score (nSPS) is 10.6. The van der Waals surface area contributed by atoms with Crippen molar-refractivity contribution in [1.29, 1.82) is 0 Å². The summed E-state index contributed by atoms with van der Waals surface area (Å²) in [5.41, 5.74) is 3.40. The van der Waals surface area contributed by atoms with Gasteiger partial charge >= 0.3 is 21.1 Å². The molecule has 8 heteroatoms. The van der Waals surface area contributed by atoms with Crippen molar-refractivity contribution in [3.63, 3.8) is 0 Å². The zero-order chi connectivity index (χ0) is 22.8. The Balaban J connectivity index is 0.00000274. The number of aromatic nitrogens is 4. The molecule has 5 aromatic rings. The maximum Gasteiger partial charge on any atom is 2.00 e. The van der Waals surface area contributed by atoms with Gasteiger partial charge in [-0.15, -0.1) is 12.1 Å². The number of hydrogen-bond donors (Lipinski definition) is 0. The van der Waals surface area contributed by atoms with Crippen LogP contribution in [0.5, 0.6) is 0 Å². The Morgan fingerprint density at radius 2 is 1.50 bits per heavy atom. The first-order valence-corrected chi connectivity index (χ1v) is 10.2. The first-order chi connectivity index (χ1) is 16.1. The van der Waals surface area contributed by atoms with E-state index in [-0.39, 0.29) is 26.6 Å². The summed E-state index contributed by atoms with van der Waals surface area (Å²) in [6.07, 6.45) is 0. The first-order valence-electron chi connectivity index (χ1n) is 10.2. The topological polar surface area (TPSA) is 56.0 Å². The van der Waals surface area contributed by atoms with Gasteiger partial charge in [-0.3, -0.25) is 18.7 Å². The first kappa shape index (κ1) is 23.5. The van der Waals surface area contributed by atoms with Gasteiger partial charge in [0.05, 0.1) is 5.69 Å². The van der Waals surface area contributed by atoms with Gasteiger partial charge in [-0.25, -0.2) is 4.98 Å². The summed E-state index contributed by atoms with van der Waals surface area (Å²) in [5, 5.41) is 8.24. The maximum absolute atomic E-state index is 14.4. The number of hydrogen-bond acceptors (Lipinski definition) is 4. The monoisotopic (exact) mass is 632 g/mol. The summed E-state index contributed by atoms with van der Waals surface area (Å²) in [7, 11) is 0. The molecule has 2 aromatic carbocycles. The Morgan fingerprint density at radius 1 is 0.824 bits per heavy atom. The van der Waals surface area contributed by atoms with E-state index in [1.54, 1.807) is 18.2 Å². The van der Waals surface area contributed by atoms with E-state index in [1.165, 1.54) is 0 Å². The smallest absolute Gasteiger partial charge is 0.574 e. The van der Waals surface area contributed by atoms with Crippen LogP contribution in [0.3, 0.4) is 0 Å². The van der Waals surface area contributed by atoms with Gasteiger partial charge < -0.3 is 10.2 Å². The van der Waals surface area contributed by atoms with Crippen LogP contribution in [0.15, 0.2) is 84.9 Å². The third-order valence-corrected chi connectivity index (χ3v) is 4.98. The molecule has 5 nitrogen and oxygen atoms in total. The van der Waals surface area contributed by atoms with Crippen molar-refractivity contribution in [2.75, 3.05) is 4.90 Å². The van der Waals surface area contributed by atoms with Gasteiger partial charge in [-0.2, -0.15) is 0 Å². The number of rotatable bonds is 5. The number of halogens is 2. The van der Waals surface area contributed by atoms with E-state index in [0.29, 0.717) is 28.7 Å². The van der Waals surface area contributed by atoms with Crippen molar-refractivity contribution in [1.82, 2.24) is 20.2 Å². The Hall–Kier alpha value is -3.70. The summed E-state index contributed by atoms with van der Waals surface area (Å²) < 4.78 is 27.8. The molecule has 0 amide bonds. The van der Waals surface area contributed by atoms with E-state index in [0.717, 1.165) is 23.5 Å². The molecule has 0 spiro atoms. The van der Waals surface area contributed by atoms with Gasteiger partial charge in [0.15, 0.2) is 0 Å². The van der Waals surface area contributed by atoms with Crippen LogP contribution in [0, 0.1) is 24.6 Å². The predicted octanol–water partition coefficient (Wildman–Crippen LogP) is 6.02. The van der Waals surface area contributed by atoms with Crippen LogP contribution in [0.2, 0.25) is 0 Å². The molecule has 0 N–H and O–H groups in total. The van der Waals surface area contributed by atoms with Crippen LogP contribution in [-0.2, 0) is 21.1 Å². The van der Waals surface area contributed by atoms with Crippen LogP contribution >= 0.6 is 0 Å². The molecule has 0 bridgehead atoms. The fourth-order valence-corrected chi connectivity index (χ4v) is 3.49. The van der Waals surface area contributed by atoms with Crippen LogP contribution in [0.25, 0.3) is 22.6 Å². The molecule has 5 rings (SSSR count). The van der Waals surface area contributed by atoms with Gasteiger partial charge in [0.2, 0.25) is 0 Å². The Labute approximate surface area is 209 Å². The van der Waals surface area contributed by atoms with Gasteiger partial charge in [-0.1, -0.05) is 59.8 Å². The largest absolute Gasteiger partial charge is 2.00 e. The van der Waals surface area contributed by atoms with Gasteiger partial charge in [0.25, 0.3) is 0 Å². The van der Waals surface area contributed by atoms with Gasteiger partial charge in [0.1, 0.15) is 11.6 Å². The van der Waals surface area contributed by atoms with E-state index in [1.807, 2.05) is 66.4 Å². The van der Waals surface area contributed by atoms with Crippen LogP contribution < -0.4 is 10.00 Å². The van der Waals surface area contributed by atoms with Gasteiger partial charge in [0, 0.05) is 23.0 Å². The molecule has 0 fully saturated rings. The molecule has 170 valence electrons. The average molecular weight is 633 g/mol. The van der Waals surface area contributed by atoms with E-state index < -0.39 is 11.6 Å². The molecule has 0 aliphatic carbocycles. The van der Waals surface area contributed by atoms with E-state index >= 15 is 0 Å². The van der Waals surface area contributed by atoms with Crippen LogP contribution in [-0.4, -0.2) is 15.1 Å². The number of aryl methyl sites for hydroxylation is 1. The molecule has 0 saturated carbocycles. The van der Waals surface area contributed by atoms with Crippen LogP contribution in [0.1, 0.15) is 5.69 Å². The minimum absolute atomic E-state index is 0. The predicted molar refractivity (Wildman–Crippen MR) is 122 cm³/mol. The molecule has 0 atom stereocenters. The Kier molecular flexibility index (Phi) is 6.94. The number of pyridine rings is 2. The summed E-state index contributed by atoms with van der Waals surface area (Å²) in [5.74, 6) is -0.292. The molecule has 3 heterocycles. The third kappa shape index (κ3) is 4.80. The minimum Gasteiger partial charge on any atom is -0.574 e. The zero-order valence-electron chi connectivity index (χ0n) is 17.9. The number of benzene rings is 2. The number of anilines is 3. The average Bonchev–Trinajstić information content (AvgIpc) is 3.27. The molecule has 34 heavy (non-hydrogen) atoms. The molecule has 3 aromatic heterocycles. The summed E-state index contributed by atoms with van der Waals surface area (Å²) in [6.45, 7) is 1.87. The zero-order valence-corrected chi connectivity index (χ0v) is 20.2. The molecule has 0 aliphatic heterocycles. The quantitative estimate of drug-likeness (QED) is 0.222. The second-order valence-corrected chi connectivity index (χ2v) is 7.34. The van der Waals surface area contributed by atoms with Crippen molar-refractivity contribution in [2.45, 2.75) is 6.92 Å². The molecular weight excluding hydrogens is 615 g/mol. The fourth-order valence-electron chi connectivity index (χ4n) is 3.49. The van der Waals surface area contributed by atoms with E-state index in [9.17, 15) is 8.78 Å². The SMILES string of the molecule is Cc1cc(-c2cccc(N(c3ccccc3)c3cccc(-c4[c-]cc(F)cc4F)n3)n2)[n-]n1.[Pt+2]. The summed E-state index contributed by atoms with van der Waals surface area (Å²) >= 11 is 0. The van der Waals surface area contributed by atoms with E-state index in [2.05, 4.69) is 21.2 Å². The molecule has 0 saturated heterocycles. The minimum atomic E-state index is -0.726. The molecule has 0 radical (unpaired) electrons. The molecule has 0 unspecified atom stereocenters. The second-order valence-electron chi connectivity index (χ2n) is 7.34. The van der Waals surface area contributed by atoms with Crippen molar-refractivity contribution in [3.8, 4) is 22.6 Å². The standard InChI is InChI=1S/C26H17F2N5.Pt/c1-17-15-24(32-31-17)23-10-6-12-26(30-23)33(19-7-3-2-4-8-19)25-11-5-9-22(29-25)20-14-13-18(27)16-21(20)28;/h2-13,15-16H,1H3;/q-2;+2. The maximum atomic E-state index is 14.4. The van der Waals surface area contributed by atoms with Gasteiger partial charge in [-0.05, 0) is 42.9 Å². The Morgan fingerprint density at radius 3 is 2.15 bits per heavy atom. The van der Waals surface area contributed by atoms with Crippen molar-refractivity contribution >= 4 is 17.3 Å². The summed E-state index contributed by atoms with van der Waals surface area (Å²) in [6, 6.07) is 26.9. The van der Waals surface area contributed by atoms with Crippen molar-refractivity contribution < 1.29 is 29.8 Å². The summed E-state index contributed by atoms with van der Waals surface area (Å²) in [4.78, 5) is 11.3. The number of nitrogens with zero attached hydrogens (tertiary/aromatic N) is 5.